The van der Waals surface area contributed by atoms with Crippen LogP contribution in [-0.2, 0) is 4.79 Å². The number of carbonyl (C=O) groups excluding carboxylic acids is 2. The molecule has 0 unspecified atom stereocenters. The van der Waals surface area contributed by atoms with Gasteiger partial charge in [-0.05, 0) is 71.7 Å². The SMILES string of the molecule is CCOc1cc(/C=N/NC(=O)c2cc3cc([N+](=O)[O-])ccc3o2)cc(Br)c1OCC(=O)Nc1ccc(C)cc1. The zero-order valence-corrected chi connectivity index (χ0v) is 22.5. The van der Waals surface area contributed by atoms with Crippen molar-refractivity contribution in [2.45, 2.75) is 13.8 Å². The molecule has 4 rings (SSSR count). The van der Waals surface area contributed by atoms with Gasteiger partial charge in [0, 0.05) is 23.2 Å². The largest absolute Gasteiger partial charge is 0.490 e. The van der Waals surface area contributed by atoms with Crippen LogP contribution in [0.1, 0.15) is 28.6 Å². The third kappa shape index (κ3) is 6.99. The second-order valence-corrected chi connectivity index (χ2v) is 9.11. The Bertz CT molecular complexity index is 1560. The lowest BCUT2D eigenvalue weighted by Gasteiger charge is -2.14. The van der Waals surface area contributed by atoms with Crippen LogP contribution in [0.2, 0.25) is 0 Å². The van der Waals surface area contributed by atoms with E-state index in [2.05, 4.69) is 31.8 Å². The molecule has 12 heteroatoms. The first-order valence-corrected chi connectivity index (χ1v) is 12.5. The highest BCUT2D eigenvalue weighted by Crippen LogP contribution is 2.36. The maximum absolute atomic E-state index is 12.5. The molecule has 0 bridgehead atoms. The molecular formula is C27H23BrN4O7. The van der Waals surface area contributed by atoms with Crippen LogP contribution in [0.4, 0.5) is 11.4 Å². The molecule has 0 aliphatic heterocycles. The molecule has 1 aromatic heterocycles. The smallest absolute Gasteiger partial charge is 0.307 e. The first-order chi connectivity index (χ1) is 18.7. The number of hydrogen-bond donors (Lipinski definition) is 2. The Morgan fingerprint density at radius 1 is 1.10 bits per heavy atom. The molecule has 39 heavy (non-hydrogen) atoms. The monoisotopic (exact) mass is 594 g/mol. The van der Waals surface area contributed by atoms with Crippen molar-refractivity contribution in [3.05, 3.63) is 92.1 Å². The van der Waals surface area contributed by atoms with E-state index in [1.54, 1.807) is 12.1 Å². The third-order valence-corrected chi connectivity index (χ3v) is 5.92. The van der Waals surface area contributed by atoms with Crippen LogP contribution in [0.15, 0.2) is 74.7 Å². The molecule has 0 fully saturated rings. The average Bonchev–Trinajstić information content (AvgIpc) is 3.33. The number of nitrogens with one attached hydrogen (secondary N) is 2. The van der Waals surface area contributed by atoms with Gasteiger partial charge in [-0.2, -0.15) is 5.10 Å². The van der Waals surface area contributed by atoms with Gasteiger partial charge < -0.3 is 19.2 Å². The van der Waals surface area contributed by atoms with Crippen molar-refractivity contribution in [3.8, 4) is 11.5 Å². The zero-order chi connectivity index (χ0) is 27.9. The summed E-state index contributed by atoms with van der Waals surface area (Å²) in [4.78, 5) is 35.2. The number of furan rings is 1. The highest BCUT2D eigenvalue weighted by molar-refractivity contribution is 9.10. The van der Waals surface area contributed by atoms with Gasteiger partial charge in [0.25, 0.3) is 11.6 Å². The van der Waals surface area contributed by atoms with E-state index in [1.807, 2.05) is 38.1 Å². The number of non-ortho nitro benzene ring substituents is 1. The van der Waals surface area contributed by atoms with Crippen LogP contribution >= 0.6 is 15.9 Å². The summed E-state index contributed by atoms with van der Waals surface area (Å²) in [5.74, 6) is -0.294. The number of fused-ring (bicyclic) bond motifs is 1. The van der Waals surface area contributed by atoms with Gasteiger partial charge in [0.05, 0.1) is 22.2 Å². The molecule has 0 atom stereocenters. The fourth-order valence-corrected chi connectivity index (χ4v) is 4.09. The number of hydrazone groups is 1. The second kappa shape index (κ2) is 12.2. The van der Waals surface area contributed by atoms with Crippen molar-refractivity contribution in [2.75, 3.05) is 18.5 Å². The molecule has 1 heterocycles. The molecule has 0 spiro atoms. The average molecular weight is 595 g/mol. The molecule has 0 saturated heterocycles. The van der Waals surface area contributed by atoms with E-state index in [0.29, 0.717) is 44.8 Å². The summed E-state index contributed by atoms with van der Waals surface area (Å²) >= 11 is 3.44. The van der Waals surface area contributed by atoms with Gasteiger partial charge in [-0.3, -0.25) is 19.7 Å². The summed E-state index contributed by atoms with van der Waals surface area (Å²) < 4.78 is 17.4. The van der Waals surface area contributed by atoms with Gasteiger partial charge in [-0.25, -0.2) is 5.43 Å². The Hall–Kier alpha value is -4.71. The zero-order valence-electron chi connectivity index (χ0n) is 20.9. The Morgan fingerprint density at radius 2 is 1.87 bits per heavy atom. The number of rotatable bonds is 10. The minimum Gasteiger partial charge on any atom is -0.490 e. The summed E-state index contributed by atoms with van der Waals surface area (Å²) in [5, 5.41) is 18.1. The number of benzene rings is 3. The Labute approximate surface area is 231 Å². The van der Waals surface area contributed by atoms with E-state index in [9.17, 15) is 19.7 Å². The molecule has 11 nitrogen and oxygen atoms in total. The van der Waals surface area contributed by atoms with Gasteiger partial charge >= 0.3 is 5.91 Å². The Kier molecular flexibility index (Phi) is 8.56. The maximum atomic E-state index is 12.5. The van der Waals surface area contributed by atoms with Crippen molar-refractivity contribution in [1.29, 1.82) is 0 Å². The number of anilines is 1. The van der Waals surface area contributed by atoms with Gasteiger partial charge in [0.15, 0.2) is 23.9 Å². The number of nitro benzene ring substituents is 1. The lowest BCUT2D eigenvalue weighted by atomic mass is 10.2. The van der Waals surface area contributed by atoms with Crippen molar-refractivity contribution >= 4 is 56.3 Å². The Balaban J connectivity index is 1.41. The minimum absolute atomic E-state index is 0.0495. The molecular weight excluding hydrogens is 572 g/mol. The van der Waals surface area contributed by atoms with Crippen molar-refractivity contribution in [2.24, 2.45) is 5.10 Å². The normalized spacial score (nSPS) is 10.9. The van der Waals surface area contributed by atoms with Gasteiger partial charge in [0.1, 0.15) is 5.58 Å². The summed E-state index contributed by atoms with van der Waals surface area (Å²) in [6, 6.07) is 16.2. The molecule has 0 saturated carbocycles. The van der Waals surface area contributed by atoms with Crippen molar-refractivity contribution in [3.63, 3.8) is 0 Å². The molecule has 2 amide bonds. The highest BCUT2D eigenvalue weighted by Gasteiger charge is 2.16. The maximum Gasteiger partial charge on any atom is 0.307 e. The first-order valence-electron chi connectivity index (χ1n) is 11.7. The van der Waals surface area contributed by atoms with Crippen molar-refractivity contribution < 1.29 is 28.4 Å². The highest BCUT2D eigenvalue weighted by atomic mass is 79.9. The predicted molar refractivity (Wildman–Crippen MR) is 149 cm³/mol. The van der Waals surface area contributed by atoms with Crippen LogP contribution < -0.4 is 20.2 Å². The number of amides is 2. The van der Waals surface area contributed by atoms with Crippen LogP contribution in [0.3, 0.4) is 0 Å². The second-order valence-electron chi connectivity index (χ2n) is 8.25. The van der Waals surface area contributed by atoms with Gasteiger partial charge in [0.2, 0.25) is 0 Å². The molecule has 0 aliphatic carbocycles. The molecule has 4 aromatic rings. The van der Waals surface area contributed by atoms with Crippen LogP contribution in [0, 0.1) is 17.0 Å². The summed E-state index contributed by atoms with van der Waals surface area (Å²) in [5.41, 5.74) is 4.91. The van der Waals surface area contributed by atoms with Gasteiger partial charge in [-0.1, -0.05) is 17.7 Å². The summed E-state index contributed by atoms with van der Waals surface area (Å²) in [6.45, 7) is 3.88. The number of hydrogen-bond acceptors (Lipinski definition) is 8. The van der Waals surface area contributed by atoms with E-state index in [1.165, 1.54) is 30.5 Å². The Morgan fingerprint density at radius 3 is 2.59 bits per heavy atom. The quantitative estimate of drug-likeness (QED) is 0.138. The van der Waals surface area contributed by atoms with Gasteiger partial charge in [-0.15, -0.1) is 0 Å². The lowest BCUT2D eigenvalue weighted by Crippen LogP contribution is -2.20. The van der Waals surface area contributed by atoms with E-state index < -0.39 is 10.8 Å². The molecule has 3 aromatic carbocycles. The topological polar surface area (TPSA) is 145 Å². The number of aryl methyl sites for hydroxylation is 1. The number of halogens is 1. The molecule has 0 aliphatic rings. The number of nitro groups is 1. The first kappa shape index (κ1) is 27.3. The fourth-order valence-electron chi connectivity index (χ4n) is 3.51. The number of carbonyl (C=O) groups is 2. The van der Waals surface area contributed by atoms with E-state index in [-0.39, 0.29) is 24.0 Å². The molecule has 2 N–H and O–H groups in total. The van der Waals surface area contributed by atoms with Crippen LogP contribution in [0.5, 0.6) is 11.5 Å². The van der Waals surface area contributed by atoms with Crippen molar-refractivity contribution in [1.82, 2.24) is 5.43 Å². The third-order valence-electron chi connectivity index (χ3n) is 5.33. The lowest BCUT2D eigenvalue weighted by molar-refractivity contribution is -0.384. The van der Waals surface area contributed by atoms with E-state index in [4.69, 9.17) is 13.9 Å². The van der Waals surface area contributed by atoms with Crippen LogP contribution in [0.25, 0.3) is 11.0 Å². The predicted octanol–water partition coefficient (Wildman–Crippen LogP) is 5.59. The minimum atomic E-state index is -0.631. The molecule has 200 valence electrons. The number of nitrogens with zero attached hydrogens (tertiary/aromatic N) is 2. The van der Waals surface area contributed by atoms with E-state index in [0.717, 1.165) is 5.56 Å². The number of ether oxygens (including phenoxy) is 2. The summed E-state index contributed by atoms with van der Waals surface area (Å²) in [7, 11) is 0. The molecule has 0 radical (unpaired) electrons. The summed E-state index contributed by atoms with van der Waals surface area (Å²) in [6.07, 6.45) is 1.40. The fraction of sp³-hybridized carbons (Fsp3) is 0.148. The standard InChI is InChI=1S/C27H23BrN4O7/c1-3-37-23-11-17(10-21(28)26(23)38-15-25(33)30-19-6-4-16(2)5-7-19)14-29-31-27(34)24-13-18-12-20(32(35)36)8-9-22(18)39-24/h4-14H,3,15H2,1-2H3,(H,30,33)(H,31,34)/b29-14+. The van der Waals surface area contributed by atoms with Crippen LogP contribution in [-0.4, -0.2) is 36.2 Å². The van der Waals surface area contributed by atoms with E-state index >= 15 is 0 Å².